The van der Waals surface area contributed by atoms with Crippen molar-refractivity contribution in [2.24, 2.45) is 0 Å². The van der Waals surface area contributed by atoms with Crippen LogP contribution in [0.3, 0.4) is 0 Å². The van der Waals surface area contributed by atoms with Crippen LogP contribution < -0.4 is 5.32 Å². The maximum atomic E-state index is 12.3. The smallest absolute Gasteiger partial charge is 0.251 e. The Morgan fingerprint density at radius 3 is 2.38 bits per heavy atom. The zero-order chi connectivity index (χ0) is 17.7. The van der Waals surface area contributed by atoms with Crippen molar-refractivity contribution in [3.05, 3.63) is 57.8 Å². The van der Waals surface area contributed by atoms with Crippen molar-refractivity contribution < 1.29 is 13.2 Å². The van der Waals surface area contributed by atoms with Crippen molar-refractivity contribution in [1.82, 2.24) is 10.2 Å². The Morgan fingerprint density at radius 1 is 1.21 bits per heavy atom. The van der Waals surface area contributed by atoms with E-state index in [-0.39, 0.29) is 17.7 Å². The highest BCUT2D eigenvalue weighted by molar-refractivity contribution is 7.89. The molecule has 1 atom stereocenters. The summed E-state index contributed by atoms with van der Waals surface area (Å²) >= 11 is 1.63. The van der Waals surface area contributed by atoms with Crippen LogP contribution in [0.25, 0.3) is 0 Å². The Morgan fingerprint density at radius 2 is 1.88 bits per heavy atom. The average Bonchev–Trinajstić information content (AvgIpc) is 3.00. The van der Waals surface area contributed by atoms with E-state index in [1.54, 1.807) is 35.6 Å². The van der Waals surface area contributed by atoms with E-state index in [9.17, 15) is 13.2 Å². The monoisotopic (exact) mass is 366 g/mol. The van der Waals surface area contributed by atoms with Crippen LogP contribution in [0.4, 0.5) is 0 Å². The van der Waals surface area contributed by atoms with Crippen molar-refractivity contribution in [1.29, 1.82) is 0 Å². The number of amides is 1. The number of likely N-dealkylation sites (N-methyl/N-ethyl adjacent to an activating group) is 1. The maximum absolute atomic E-state index is 12.3. The van der Waals surface area contributed by atoms with E-state index in [2.05, 4.69) is 21.7 Å². The third-order valence-corrected chi connectivity index (χ3v) is 5.21. The van der Waals surface area contributed by atoms with Crippen LogP contribution >= 0.6 is 11.3 Å². The topological polar surface area (TPSA) is 66.5 Å². The Labute approximate surface area is 147 Å². The molecule has 0 aliphatic heterocycles. The summed E-state index contributed by atoms with van der Waals surface area (Å²) in [6, 6.07) is 8.85. The fourth-order valence-corrected chi connectivity index (χ4v) is 3.91. The van der Waals surface area contributed by atoms with Crippen LogP contribution in [-0.2, 0) is 15.6 Å². The van der Waals surface area contributed by atoms with Crippen LogP contribution in [0.2, 0.25) is 0 Å². The van der Waals surface area contributed by atoms with Crippen molar-refractivity contribution in [2.75, 3.05) is 26.9 Å². The highest BCUT2D eigenvalue weighted by Crippen LogP contribution is 2.20. The minimum absolute atomic E-state index is 0.0181. The van der Waals surface area contributed by atoms with Gasteiger partial charge in [0.15, 0.2) is 9.84 Å². The van der Waals surface area contributed by atoms with Gasteiger partial charge in [-0.05, 0) is 54.2 Å². The van der Waals surface area contributed by atoms with Gasteiger partial charge in [-0.1, -0.05) is 12.1 Å². The molecule has 1 N–H and O–H groups in total. The summed E-state index contributed by atoms with van der Waals surface area (Å²) in [4.78, 5) is 14.4. The molecule has 1 aromatic heterocycles. The fraction of sp³-hybridized carbons (Fsp3) is 0.353. The maximum Gasteiger partial charge on any atom is 0.251 e. The van der Waals surface area contributed by atoms with Gasteiger partial charge in [0, 0.05) is 18.4 Å². The lowest BCUT2D eigenvalue weighted by Crippen LogP contribution is -2.34. The Kier molecular flexibility index (Phi) is 6.15. The molecule has 5 nitrogen and oxygen atoms in total. The first-order valence-electron chi connectivity index (χ1n) is 7.49. The van der Waals surface area contributed by atoms with Gasteiger partial charge < -0.3 is 10.2 Å². The number of rotatable bonds is 7. The zero-order valence-electron chi connectivity index (χ0n) is 14.0. The molecule has 0 radical (unpaired) electrons. The van der Waals surface area contributed by atoms with E-state index in [0.717, 1.165) is 0 Å². The molecule has 2 aromatic rings. The van der Waals surface area contributed by atoms with Crippen LogP contribution in [0.5, 0.6) is 0 Å². The molecule has 130 valence electrons. The first kappa shape index (κ1) is 18.6. The lowest BCUT2D eigenvalue weighted by atomic mass is 10.1. The van der Waals surface area contributed by atoms with Gasteiger partial charge in [0.05, 0.1) is 11.8 Å². The van der Waals surface area contributed by atoms with Crippen LogP contribution in [-0.4, -0.2) is 46.1 Å². The van der Waals surface area contributed by atoms with E-state index in [1.807, 2.05) is 19.5 Å². The molecular formula is C17H22N2O3S2. The first-order valence-corrected chi connectivity index (χ1v) is 10.5. The third-order valence-electron chi connectivity index (χ3n) is 3.65. The van der Waals surface area contributed by atoms with E-state index in [1.165, 1.54) is 11.8 Å². The number of nitrogens with one attached hydrogen (secondary N) is 1. The van der Waals surface area contributed by atoms with Gasteiger partial charge in [-0.15, -0.1) is 0 Å². The molecule has 0 aliphatic rings. The SMILES string of the molecule is CN(C)C(CNC(=O)c1ccc(CS(C)(=O)=O)cc1)c1ccsc1. The quantitative estimate of drug-likeness (QED) is 0.817. The molecule has 1 heterocycles. The van der Waals surface area contributed by atoms with Gasteiger partial charge in [0.1, 0.15) is 0 Å². The zero-order valence-corrected chi connectivity index (χ0v) is 15.7. The molecule has 0 bridgehead atoms. The van der Waals surface area contributed by atoms with Crippen molar-refractivity contribution in [3.8, 4) is 0 Å². The first-order chi connectivity index (χ1) is 11.3. The number of nitrogens with zero attached hydrogens (tertiary/aromatic N) is 1. The lowest BCUT2D eigenvalue weighted by Gasteiger charge is -2.24. The van der Waals surface area contributed by atoms with Crippen molar-refractivity contribution in [2.45, 2.75) is 11.8 Å². The van der Waals surface area contributed by atoms with Gasteiger partial charge in [0.25, 0.3) is 5.91 Å². The summed E-state index contributed by atoms with van der Waals surface area (Å²) in [6.07, 6.45) is 1.19. The van der Waals surface area contributed by atoms with Crippen molar-refractivity contribution in [3.63, 3.8) is 0 Å². The van der Waals surface area contributed by atoms with E-state index in [4.69, 9.17) is 0 Å². The fourth-order valence-electron chi connectivity index (χ4n) is 2.41. The molecule has 0 fully saturated rings. The largest absolute Gasteiger partial charge is 0.350 e. The standard InChI is InChI=1S/C17H22N2O3S2/c1-19(2)16(15-8-9-23-11-15)10-18-17(20)14-6-4-13(5-7-14)12-24(3,21)22/h4-9,11,16H,10,12H2,1-3H3,(H,18,20). The van der Waals surface area contributed by atoms with E-state index in [0.29, 0.717) is 17.7 Å². The van der Waals surface area contributed by atoms with Crippen molar-refractivity contribution >= 4 is 27.1 Å². The summed E-state index contributed by atoms with van der Waals surface area (Å²) in [6.45, 7) is 0.508. The number of hydrogen-bond acceptors (Lipinski definition) is 5. The second kappa shape index (κ2) is 7.92. The Bertz CT molecular complexity index is 767. The highest BCUT2D eigenvalue weighted by atomic mass is 32.2. The summed E-state index contributed by atoms with van der Waals surface area (Å²) in [5.41, 5.74) is 2.38. The number of thiophene rings is 1. The number of hydrogen-bond donors (Lipinski definition) is 1. The second-order valence-electron chi connectivity index (χ2n) is 6.01. The lowest BCUT2D eigenvalue weighted by molar-refractivity contribution is 0.0942. The summed E-state index contributed by atoms with van der Waals surface area (Å²) in [5, 5.41) is 7.04. The molecule has 0 spiro atoms. The highest BCUT2D eigenvalue weighted by Gasteiger charge is 2.16. The predicted octanol–water partition coefficient (Wildman–Crippen LogP) is 2.33. The number of carbonyl (C=O) groups excluding carboxylic acids is 1. The molecular weight excluding hydrogens is 344 g/mol. The number of benzene rings is 1. The Hall–Kier alpha value is -1.70. The predicted molar refractivity (Wildman–Crippen MR) is 98.1 cm³/mol. The molecule has 1 unspecified atom stereocenters. The summed E-state index contributed by atoms with van der Waals surface area (Å²) in [7, 11) is 0.890. The molecule has 1 amide bonds. The van der Waals surface area contributed by atoms with Gasteiger partial charge in [-0.3, -0.25) is 4.79 Å². The molecule has 24 heavy (non-hydrogen) atoms. The molecule has 1 aromatic carbocycles. The van der Waals surface area contributed by atoms with E-state index < -0.39 is 9.84 Å². The third kappa shape index (κ3) is 5.43. The summed E-state index contributed by atoms with van der Waals surface area (Å²) < 4.78 is 22.6. The number of sulfone groups is 1. The van der Waals surface area contributed by atoms with Gasteiger partial charge in [-0.2, -0.15) is 11.3 Å². The molecule has 0 saturated carbocycles. The van der Waals surface area contributed by atoms with Crippen LogP contribution in [0.15, 0.2) is 41.1 Å². The van der Waals surface area contributed by atoms with E-state index >= 15 is 0 Å². The minimum atomic E-state index is -3.07. The molecule has 0 saturated heterocycles. The molecule has 0 aliphatic carbocycles. The number of carbonyl (C=O) groups is 1. The Balaban J connectivity index is 1.99. The molecule has 7 heteroatoms. The van der Waals surface area contributed by atoms with Gasteiger partial charge in [0.2, 0.25) is 0 Å². The van der Waals surface area contributed by atoms with Gasteiger partial charge in [-0.25, -0.2) is 8.42 Å². The minimum Gasteiger partial charge on any atom is -0.350 e. The normalized spacial score (nSPS) is 13.0. The summed E-state index contributed by atoms with van der Waals surface area (Å²) in [5.74, 6) is -0.182. The van der Waals surface area contributed by atoms with Crippen LogP contribution in [0.1, 0.15) is 27.5 Å². The van der Waals surface area contributed by atoms with Crippen LogP contribution in [0, 0.1) is 0 Å². The second-order valence-corrected chi connectivity index (χ2v) is 8.93. The molecule has 2 rings (SSSR count). The average molecular weight is 367 g/mol. The van der Waals surface area contributed by atoms with Gasteiger partial charge >= 0.3 is 0 Å².